The van der Waals surface area contributed by atoms with Crippen molar-refractivity contribution in [1.82, 2.24) is 110 Å². The molecule has 17 fully saturated rings. The van der Waals surface area contributed by atoms with Crippen LogP contribution in [0.15, 0.2) is 24.4 Å². The fraction of sp³-hybridized carbons (Fsp3) is 0.883. The van der Waals surface area contributed by atoms with Crippen LogP contribution in [0, 0.1) is 47.3 Å². The molecule has 17 aliphatic rings. The third-order valence-corrected chi connectivity index (χ3v) is 35.7. The number of hydrogen-bond donors (Lipinski definition) is 4. The van der Waals surface area contributed by atoms with Crippen molar-refractivity contribution < 1.29 is 66.8 Å². The molecular weight excluding hydrogens is 1870 g/mol. The van der Waals surface area contributed by atoms with Crippen molar-refractivity contribution in [2.24, 2.45) is 47.3 Å². The highest BCUT2D eigenvalue weighted by atomic mass is 16.6. The third-order valence-electron chi connectivity index (χ3n) is 35.7. The lowest BCUT2D eigenvalue weighted by molar-refractivity contribution is 0.0163. The molecule has 11 amide bonds. The van der Waals surface area contributed by atoms with Crippen LogP contribution in [-0.2, 0) is 35.0 Å². The number of methoxy groups -OCH3 is 1. The van der Waals surface area contributed by atoms with E-state index in [0.717, 1.165) is 212 Å². The molecule has 0 radical (unpaired) electrons. The Morgan fingerprint density at radius 1 is 0.293 bits per heavy atom. The fourth-order valence-electron chi connectivity index (χ4n) is 26.3. The smallest absolute Gasteiger partial charge is 0.410 e. The number of hydrogen-bond acceptors (Lipinski definition) is 25. The van der Waals surface area contributed by atoms with Crippen molar-refractivity contribution in [1.29, 1.82) is 0 Å². The molecule has 1 unspecified atom stereocenters. The molecule has 8 atom stereocenters. The van der Waals surface area contributed by atoms with E-state index in [1.54, 1.807) is 34.4 Å². The maximum absolute atomic E-state index is 12.4. The Morgan fingerprint density at radius 3 is 0.769 bits per heavy atom. The van der Waals surface area contributed by atoms with Gasteiger partial charge in [0.25, 0.3) is 0 Å². The largest absolute Gasteiger partial charge is 0.448 e. The summed E-state index contributed by atoms with van der Waals surface area (Å²) in [5.41, 5.74) is 0.797. The monoisotopic (exact) mass is 2070 g/mol. The van der Waals surface area contributed by atoms with Gasteiger partial charge in [-0.05, 0) is 466 Å². The van der Waals surface area contributed by atoms with Crippen molar-refractivity contribution in [3.8, 4) is 0 Å². The Kier molecular flexibility index (Phi) is 52.4. The van der Waals surface area contributed by atoms with Gasteiger partial charge < -0.3 is 133 Å². The number of amides is 11. The van der Waals surface area contributed by atoms with Gasteiger partial charge in [0.2, 0.25) is 0 Å². The van der Waals surface area contributed by atoms with E-state index in [-0.39, 0.29) is 61.3 Å². The molecule has 1 aromatic rings. The van der Waals surface area contributed by atoms with E-state index in [1.165, 1.54) is 206 Å². The zero-order valence-electron chi connectivity index (χ0n) is 94.1. The number of carbonyl (C=O) groups excluding carboxylic acids is 8. The van der Waals surface area contributed by atoms with Crippen LogP contribution in [0.1, 0.15) is 230 Å². The van der Waals surface area contributed by atoms with Crippen molar-refractivity contribution >= 4 is 48.6 Å². The summed E-state index contributed by atoms with van der Waals surface area (Å²) in [7, 11) is 30.1. The Labute approximate surface area is 885 Å². The first-order chi connectivity index (χ1) is 71.1. The molecule has 36 nitrogen and oxygen atoms in total. The van der Waals surface area contributed by atoms with Crippen molar-refractivity contribution in [2.75, 3.05) is 302 Å². The number of aromatic nitrogens is 1. The lowest BCUT2D eigenvalue weighted by atomic mass is 9.88. The number of pyridine rings is 1. The Hall–Kier alpha value is -7.13. The summed E-state index contributed by atoms with van der Waals surface area (Å²) in [6, 6.07) is 9.50. The average molecular weight is 2070 g/mol. The standard InChI is InChI=1S/C17H25N3O2.C15H29N3O2.C15H26N2O2.C14H27N3O2.C14H26N2O3.3C12H23N3O/c1-19-11-7-14(8-12-19)16-6-4-10-20(16)17(21)22-13-15-5-2-3-9-18-15;1-16(2)11-12-20-15(19)18-8-4-5-14(18)13-6-9-17(3)10-7-13;1-16-10-7-12(8-11-16)14-6-3-9-17(14)15(18)19-13-4-2-5-13;1-15-7-11-19-14(18)17-8-3-4-13(17)12-5-9-16(2)10-6-12;1-15-8-5-12(6-9-15)13-4-3-7-16(13)14(17)19-11-10-18-2;3*1-13-12(16)15-7-3-4-11(15)10-5-8-14(2)9-6-10/h2-3,5,9,14,16H,4,6-8,10-13H2,1H3;13-14H,4-12H2,1-3H3;12-14H,2-11H2,1H3;12-13,15H,3-11H2,1-2H3;12-13H,3-11H2,1-2H3;3*10-11H,3-9H2,1-2H3,(H,13,16)/t16-;2*14-;2*13-;2*11-;/m0000010./s1. The normalized spacial score (nSPS) is 26.9. The number of ether oxygens (including phenoxy) is 6. The van der Waals surface area contributed by atoms with Crippen LogP contribution < -0.4 is 21.3 Å². The number of rotatable bonds is 20. The van der Waals surface area contributed by atoms with Gasteiger partial charge in [-0.1, -0.05) is 6.07 Å². The van der Waals surface area contributed by atoms with E-state index < -0.39 is 0 Å². The van der Waals surface area contributed by atoms with Gasteiger partial charge in [-0.2, -0.15) is 0 Å². The molecule has 16 aliphatic heterocycles. The average Bonchev–Trinajstić information content (AvgIpc) is 1.55. The number of likely N-dealkylation sites (N-methyl/N-ethyl adjacent to an activating group) is 2. The number of carbonyl (C=O) groups is 8. The first-order valence-electron chi connectivity index (χ1n) is 58.0. The predicted octanol–water partition coefficient (Wildman–Crippen LogP) is 12.6. The van der Waals surface area contributed by atoms with Gasteiger partial charge in [0, 0.05) is 148 Å². The van der Waals surface area contributed by atoms with Gasteiger partial charge in [-0.3, -0.25) is 4.98 Å². The first kappa shape index (κ1) is 120. The molecule has 18 rings (SSSR count). The minimum Gasteiger partial charge on any atom is -0.448 e. The van der Waals surface area contributed by atoms with E-state index in [4.69, 9.17) is 28.4 Å². The molecule has 4 N–H and O–H groups in total. The molecule has 0 aromatic carbocycles. The molecule has 0 spiro atoms. The van der Waals surface area contributed by atoms with Gasteiger partial charge in [0.15, 0.2) is 0 Å². The number of nitrogens with zero attached hydrogens (tertiary/aromatic N) is 18. The van der Waals surface area contributed by atoms with Crippen LogP contribution in [0.25, 0.3) is 0 Å². The molecule has 1 aromatic heterocycles. The quantitative estimate of drug-likeness (QED) is 0.0696. The van der Waals surface area contributed by atoms with E-state index in [9.17, 15) is 38.4 Å². The molecular formula is C111H202N22O14. The van der Waals surface area contributed by atoms with Gasteiger partial charge in [0.1, 0.15) is 32.5 Å². The lowest BCUT2D eigenvalue weighted by Crippen LogP contribution is -2.47. The Bertz CT molecular complexity index is 3720. The number of piperidine rings is 8. The van der Waals surface area contributed by atoms with E-state index in [1.807, 2.05) is 68.7 Å². The van der Waals surface area contributed by atoms with Crippen LogP contribution >= 0.6 is 0 Å². The molecule has 1 saturated carbocycles. The molecule has 0 bridgehead atoms. The molecule has 16 saturated heterocycles. The third kappa shape index (κ3) is 37.9. The summed E-state index contributed by atoms with van der Waals surface area (Å²) in [6.45, 7) is 29.3. The summed E-state index contributed by atoms with van der Waals surface area (Å²) < 4.78 is 32.0. The van der Waals surface area contributed by atoms with Crippen LogP contribution in [0.3, 0.4) is 0 Å². The number of urea groups is 3. The Morgan fingerprint density at radius 2 is 0.537 bits per heavy atom. The maximum Gasteiger partial charge on any atom is 0.410 e. The minimum absolute atomic E-state index is 0.0360. The molecule has 36 heteroatoms. The van der Waals surface area contributed by atoms with Crippen LogP contribution in [0.4, 0.5) is 38.4 Å². The minimum atomic E-state index is -0.174. The zero-order chi connectivity index (χ0) is 105. The Balaban J connectivity index is 0.000000160. The lowest BCUT2D eigenvalue weighted by Gasteiger charge is -2.37. The summed E-state index contributed by atoms with van der Waals surface area (Å²) >= 11 is 0. The van der Waals surface area contributed by atoms with Crippen LogP contribution in [-0.4, -0.2) is 494 Å². The zero-order valence-corrected chi connectivity index (χ0v) is 94.1. The number of likely N-dealkylation sites (tertiary alicyclic amines) is 16. The van der Waals surface area contributed by atoms with Gasteiger partial charge >= 0.3 is 48.6 Å². The van der Waals surface area contributed by atoms with E-state index in [0.29, 0.717) is 104 Å². The van der Waals surface area contributed by atoms with Gasteiger partial charge in [0.05, 0.1) is 12.3 Å². The highest BCUT2D eigenvalue weighted by Crippen LogP contribution is 2.40. The van der Waals surface area contributed by atoms with Gasteiger partial charge in [-0.15, -0.1) is 0 Å². The molecule has 147 heavy (non-hydrogen) atoms. The summed E-state index contributed by atoms with van der Waals surface area (Å²) in [5, 5.41) is 11.3. The van der Waals surface area contributed by atoms with Crippen molar-refractivity contribution in [3.63, 3.8) is 0 Å². The molecule has 17 heterocycles. The summed E-state index contributed by atoms with van der Waals surface area (Å²) in [5.74, 6) is 5.44. The molecule has 1 aliphatic carbocycles. The predicted molar refractivity (Wildman–Crippen MR) is 580 cm³/mol. The summed E-state index contributed by atoms with van der Waals surface area (Å²) in [6.07, 6.45) is 42.7. The highest BCUT2D eigenvalue weighted by molar-refractivity contribution is 5.76. The highest BCUT2D eigenvalue weighted by Gasteiger charge is 2.46. The fourth-order valence-corrected chi connectivity index (χ4v) is 26.3. The topological polar surface area (TPSA) is 308 Å². The first-order valence-corrected chi connectivity index (χ1v) is 58.0. The second kappa shape index (κ2) is 64.1. The van der Waals surface area contributed by atoms with Crippen LogP contribution in [0.5, 0.6) is 0 Å². The van der Waals surface area contributed by atoms with Crippen molar-refractivity contribution in [2.45, 2.75) is 286 Å². The van der Waals surface area contributed by atoms with E-state index in [2.05, 4.69) is 137 Å². The number of nitrogens with one attached hydrogen (secondary N) is 4. The second-order valence-corrected chi connectivity index (χ2v) is 46.1. The summed E-state index contributed by atoms with van der Waals surface area (Å²) in [4.78, 5) is 138. The van der Waals surface area contributed by atoms with Crippen LogP contribution in [0.2, 0.25) is 0 Å². The molecule has 840 valence electrons. The van der Waals surface area contributed by atoms with Gasteiger partial charge in [-0.25, -0.2) is 38.4 Å². The van der Waals surface area contributed by atoms with E-state index >= 15 is 0 Å². The SMILES string of the molecule is CN(C)CCOC(=O)N1CCC[C@H]1C1CCN(C)CC1.CN1CCC([C@@H]2CCCN2C(=O)OC2CCC2)CC1.CN1CCC([C@@H]2CCCN2C(=O)OCc2ccccn2)CC1.CNC(=O)N1CCCC1C1CCN(C)CC1.CNC(=O)N1CCC[C@@H]1C1CCN(C)CC1.CNC(=O)N1CCC[C@H]1C1CCN(C)CC1.CNCCOC(=O)N1CCC[C@H]1C1CCN(C)CC1.COCCOC(=O)N1CCC[C@H]1C1CCN(C)CC1. The maximum atomic E-state index is 12.4. The second-order valence-electron chi connectivity index (χ2n) is 46.1. The van der Waals surface area contributed by atoms with Crippen molar-refractivity contribution in [3.05, 3.63) is 30.1 Å².